The van der Waals surface area contributed by atoms with Crippen LogP contribution in [0, 0.1) is 7.14 Å². The van der Waals surface area contributed by atoms with E-state index in [1.54, 1.807) is 6.92 Å². The molecule has 0 saturated heterocycles. The molecule has 2 nitrogen and oxygen atoms in total. The van der Waals surface area contributed by atoms with Gasteiger partial charge in [-0.25, -0.2) is 4.79 Å². The molecule has 0 aliphatic rings. The zero-order valence-electron chi connectivity index (χ0n) is 10.0. The van der Waals surface area contributed by atoms with Crippen molar-refractivity contribution in [1.29, 1.82) is 0 Å². The lowest BCUT2D eigenvalue weighted by Crippen LogP contribution is -2.26. The van der Waals surface area contributed by atoms with E-state index in [2.05, 4.69) is 57.8 Å². The van der Waals surface area contributed by atoms with Crippen molar-refractivity contribution in [3.63, 3.8) is 0 Å². The Kier molecular flexibility index (Phi) is 5.00. The summed E-state index contributed by atoms with van der Waals surface area (Å²) in [5.41, 5.74) is 0.763. The molecule has 17 heavy (non-hydrogen) atoms. The predicted molar refractivity (Wildman–Crippen MR) is 85.8 cm³/mol. The number of ether oxygens (including phenoxy) is 1. The quantitative estimate of drug-likeness (QED) is 0.387. The summed E-state index contributed by atoms with van der Waals surface area (Å²) in [7, 11) is 0. The SMILES string of the molecule is C=C(C)C(=O)OC(C)(C)c1cc(I)cc(I)c1. The van der Waals surface area contributed by atoms with Crippen LogP contribution in [0.15, 0.2) is 30.4 Å². The van der Waals surface area contributed by atoms with Gasteiger partial charge < -0.3 is 4.74 Å². The highest BCUT2D eigenvalue weighted by atomic mass is 127. The summed E-state index contributed by atoms with van der Waals surface area (Å²) in [6.07, 6.45) is 0. The Morgan fingerprint density at radius 3 is 2.12 bits per heavy atom. The molecule has 0 radical (unpaired) electrons. The standard InChI is InChI=1S/C13H14I2O2/c1-8(2)12(16)17-13(3,4)9-5-10(14)7-11(15)6-9/h5-7H,1H2,2-4H3. The normalized spacial score (nSPS) is 11.1. The van der Waals surface area contributed by atoms with Gasteiger partial charge in [-0.1, -0.05) is 6.58 Å². The van der Waals surface area contributed by atoms with E-state index in [4.69, 9.17) is 4.74 Å². The van der Waals surface area contributed by atoms with Crippen LogP contribution in [0.25, 0.3) is 0 Å². The van der Waals surface area contributed by atoms with Crippen LogP contribution in [0.4, 0.5) is 0 Å². The number of esters is 1. The topological polar surface area (TPSA) is 26.3 Å². The molecular formula is C13H14I2O2. The van der Waals surface area contributed by atoms with E-state index in [0.29, 0.717) is 5.57 Å². The average Bonchev–Trinajstić information content (AvgIpc) is 2.15. The predicted octanol–water partition coefficient (Wildman–Crippen LogP) is 4.25. The van der Waals surface area contributed by atoms with E-state index in [-0.39, 0.29) is 5.97 Å². The Labute approximate surface area is 129 Å². The second-order valence-corrected chi connectivity index (χ2v) is 6.83. The first kappa shape index (κ1) is 14.9. The van der Waals surface area contributed by atoms with Gasteiger partial charge >= 0.3 is 5.97 Å². The number of carbonyl (C=O) groups excluding carboxylic acids is 1. The van der Waals surface area contributed by atoms with Gasteiger partial charge in [0.15, 0.2) is 0 Å². The number of hydrogen-bond donors (Lipinski definition) is 0. The largest absolute Gasteiger partial charge is 0.451 e. The summed E-state index contributed by atoms with van der Waals surface area (Å²) in [4.78, 5) is 11.6. The molecule has 92 valence electrons. The van der Waals surface area contributed by atoms with Crippen LogP contribution in [-0.4, -0.2) is 5.97 Å². The van der Waals surface area contributed by atoms with Crippen molar-refractivity contribution in [1.82, 2.24) is 0 Å². The molecule has 0 bridgehead atoms. The molecule has 0 saturated carbocycles. The molecule has 0 N–H and O–H groups in total. The first-order valence-electron chi connectivity index (χ1n) is 5.08. The zero-order chi connectivity index (χ0) is 13.2. The van der Waals surface area contributed by atoms with Crippen molar-refractivity contribution in [3.8, 4) is 0 Å². The van der Waals surface area contributed by atoms with Crippen LogP contribution in [0.1, 0.15) is 26.3 Å². The maximum absolute atomic E-state index is 11.6. The lowest BCUT2D eigenvalue weighted by atomic mass is 9.98. The van der Waals surface area contributed by atoms with E-state index in [1.165, 1.54) is 0 Å². The fraction of sp³-hybridized carbons (Fsp3) is 0.308. The Morgan fingerprint density at radius 2 is 1.71 bits per heavy atom. The van der Waals surface area contributed by atoms with Gasteiger partial charge in [0.05, 0.1) is 0 Å². The maximum atomic E-state index is 11.6. The molecule has 1 rings (SSSR count). The molecule has 0 amide bonds. The summed E-state index contributed by atoms with van der Waals surface area (Å²) in [5.74, 6) is -0.358. The summed E-state index contributed by atoms with van der Waals surface area (Å²) < 4.78 is 7.71. The van der Waals surface area contributed by atoms with Crippen molar-refractivity contribution >= 4 is 51.2 Å². The summed E-state index contributed by atoms with van der Waals surface area (Å²) in [6.45, 7) is 9.01. The fourth-order valence-electron chi connectivity index (χ4n) is 1.28. The molecule has 1 aromatic rings. The minimum atomic E-state index is -0.642. The van der Waals surface area contributed by atoms with Crippen molar-refractivity contribution in [2.24, 2.45) is 0 Å². The number of hydrogen-bond acceptors (Lipinski definition) is 2. The fourth-order valence-corrected chi connectivity index (χ4v) is 3.22. The van der Waals surface area contributed by atoms with Crippen LogP contribution >= 0.6 is 45.2 Å². The van der Waals surface area contributed by atoms with Crippen molar-refractivity contribution in [2.45, 2.75) is 26.4 Å². The van der Waals surface area contributed by atoms with Gasteiger partial charge in [0.25, 0.3) is 0 Å². The molecule has 4 heteroatoms. The van der Waals surface area contributed by atoms with Crippen LogP contribution < -0.4 is 0 Å². The number of rotatable bonds is 3. The maximum Gasteiger partial charge on any atom is 0.333 e. The highest BCUT2D eigenvalue weighted by Gasteiger charge is 2.26. The van der Waals surface area contributed by atoms with Gasteiger partial charge in [-0.15, -0.1) is 0 Å². The third-order valence-electron chi connectivity index (χ3n) is 2.25. The molecular weight excluding hydrogens is 442 g/mol. The summed E-state index contributed by atoms with van der Waals surface area (Å²) in [5, 5.41) is 0. The molecule has 0 fully saturated rings. The van der Waals surface area contributed by atoms with Gasteiger partial charge in [0, 0.05) is 12.7 Å². The molecule has 0 atom stereocenters. The van der Waals surface area contributed by atoms with E-state index in [9.17, 15) is 4.79 Å². The van der Waals surface area contributed by atoms with Gasteiger partial charge in [-0.3, -0.25) is 0 Å². The molecule has 0 aliphatic carbocycles. The molecule has 0 heterocycles. The smallest absolute Gasteiger partial charge is 0.333 e. The molecule has 1 aromatic carbocycles. The number of carbonyl (C=O) groups is 1. The Balaban J connectivity index is 3.04. The van der Waals surface area contributed by atoms with E-state index >= 15 is 0 Å². The second-order valence-electron chi connectivity index (χ2n) is 4.34. The minimum Gasteiger partial charge on any atom is -0.451 e. The Morgan fingerprint density at radius 1 is 1.24 bits per heavy atom. The van der Waals surface area contributed by atoms with Crippen LogP contribution in [-0.2, 0) is 15.1 Å². The van der Waals surface area contributed by atoms with E-state index in [1.807, 2.05) is 26.0 Å². The summed E-state index contributed by atoms with van der Waals surface area (Å²) >= 11 is 4.51. The highest BCUT2D eigenvalue weighted by molar-refractivity contribution is 14.1. The molecule has 0 spiro atoms. The monoisotopic (exact) mass is 456 g/mol. The highest BCUT2D eigenvalue weighted by Crippen LogP contribution is 2.28. The first-order chi connectivity index (χ1) is 7.72. The number of benzene rings is 1. The van der Waals surface area contributed by atoms with Crippen LogP contribution in [0.3, 0.4) is 0 Å². The third kappa shape index (κ3) is 4.24. The lowest BCUT2D eigenvalue weighted by molar-refractivity contribution is -0.152. The summed E-state index contributed by atoms with van der Waals surface area (Å²) in [6, 6.07) is 6.12. The zero-order valence-corrected chi connectivity index (χ0v) is 14.3. The average molecular weight is 456 g/mol. The van der Waals surface area contributed by atoms with Crippen LogP contribution in [0.5, 0.6) is 0 Å². The Bertz CT molecular complexity index is 444. The van der Waals surface area contributed by atoms with Crippen molar-refractivity contribution < 1.29 is 9.53 Å². The van der Waals surface area contributed by atoms with Gasteiger partial charge in [-0.2, -0.15) is 0 Å². The van der Waals surface area contributed by atoms with Crippen molar-refractivity contribution in [2.75, 3.05) is 0 Å². The molecule has 0 aliphatic heterocycles. The van der Waals surface area contributed by atoms with E-state index < -0.39 is 5.60 Å². The molecule has 0 aromatic heterocycles. The lowest BCUT2D eigenvalue weighted by Gasteiger charge is -2.26. The minimum absolute atomic E-state index is 0.358. The van der Waals surface area contributed by atoms with Gasteiger partial charge in [0.1, 0.15) is 5.60 Å². The van der Waals surface area contributed by atoms with Crippen molar-refractivity contribution in [3.05, 3.63) is 43.1 Å². The third-order valence-corrected chi connectivity index (χ3v) is 3.50. The molecule has 0 unspecified atom stereocenters. The second kappa shape index (κ2) is 5.69. The van der Waals surface area contributed by atoms with Gasteiger partial charge in [0.2, 0.25) is 0 Å². The van der Waals surface area contributed by atoms with Crippen LogP contribution in [0.2, 0.25) is 0 Å². The van der Waals surface area contributed by atoms with Gasteiger partial charge in [-0.05, 0) is 89.7 Å². The number of halogens is 2. The van der Waals surface area contributed by atoms with E-state index in [0.717, 1.165) is 12.7 Å². The first-order valence-corrected chi connectivity index (χ1v) is 7.23. The Hall–Kier alpha value is -0.110.